The molecule has 134 valence electrons. The molecule has 0 amide bonds. The van der Waals surface area contributed by atoms with Gasteiger partial charge in [0.05, 0.1) is 0 Å². The summed E-state index contributed by atoms with van der Waals surface area (Å²) in [6, 6.07) is 22.4. The Morgan fingerprint density at radius 1 is 0.778 bits per heavy atom. The zero-order valence-electron chi connectivity index (χ0n) is 14.6. The molecule has 2 aromatic heterocycles. The van der Waals surface area contributed by atoms with Crippen LogP contribution in [0.3, 0.4) is 0 Å². The summed E-state index contributed by atoms with van der Waals surface area (Å²) in [5.41, 5.74) is 4.16. The molecular weight excluding hydrogens is 403 g/mol. The molecule has 27 heavy (non-hydrogen) atoms. The van der Waals surface area contributed by atoms with E-state index in [1.165, 1.54) is 0 Å². The van der Waals surface area contributed by atoms with Crippen molar-refractivity contribution >= 4 is 14.5 Å². The van der Waals surface area contributed by atoms with Crippen molar-refractivity contribution in [1.29, 1.82) is 0 Å². The molecule has 0 aliphatic rings. The quantitative estimate of drug-likeness (QED) is 0.416. The topological polar surface area (TPSA) is 44.2 Å². The van der Waals surface area contributed by atoms with Gasteiger partial charge in [0.1, 0.15) is 0 Å². The number of hydrogen-bond acceptors (Lipinski definition) is 4. The van der Waals surface area contributed by atoms with Crippen molar-refractivity contribution in [3.05, 3.63) is 93.9 Å². The maximum atomic E-state index is 6.03. The summed E-state index contributed by atoms with van der Waals surface area (Å²) in [6.07, 6.45) is 1.78. The number of rotatable bonds is 7. The SMILES string of the molecule is c1ccc(COc2ncc(-c3cc[se]c3)c(OCc3ccccc3)n2)cc1. The summed E-state index contributed by atoms with van der Waals surface area (Å²) in [5.74, 6) is 0.547. The molecule has 0 radical (unpaired) electrons. The van der Waals surface area contributed by atoms with E-state index in [0.717, 1.165) is 22.3 Å². The van der Waals surface area contributed by atoms with E-state index in [0.29, 0.717) is 39.6 Å². The van der Waals surface area contributed by atoms with E-state index in [1.54, 1.807) is 6.20 Å². The molecular formula is C22H18N2O2Se. The standard InChI is InChI=1S/C22H18N2O2Se/c1-3-7-17(8-4-1)14-25-21-20(19-11-12-27-16-19)13-23-22(24-21)26-15-18-9-5-2-6-10-18/h1-13,16H,14-15H2. The normalized spacial score (nSPS) is 10.5. The minimum atomic E-state index is 0.318. The molecule has 0 spiro atoms. The Morgan fingerprint density at radius 2 is 1.44 bits per heavy atom. The Morgan fingerprint density at radius 3 is 2.07 bits per heavy atom. The van der Waals surface area contributed by atoms with Crippen LogP contribution in [0.5, 0.6) is 11.9 Å². The van der Waals surface area contributed by atoms with Gasteiger partial charge < -0.3 is 0 Å². The first-order valence-electron chi connectivity index (χ1n) is 8.61. The number of hydrogen-bond donors (Lipinski definition) is 0. The number of aromatic nitrogens is 2. The molecule has 0 aliphatic carbocycles. The second kappa shape index (κ2) is 8.67. The fraction of sp³-hybridized carbons (Fsp3) is 0.0909. The van der Waals surface area contributed by atoms with Crippen LogP contribution in [0, 0.1) is 0 Å². The van der Waals surface area contributed by atoms with Crippen LogP contribution in [0.1, 0.15) is 11.1 Å². The Hall–Kier alpha value is -2.88. The molecule has 0 bridgehead atoms. The third kappa shape index (κ3) is 4.64. The Bertz CT molecular complexity index is 974. The van der Waals surface area contributed by atoms with Gasteiger partial charge in [-0.3, -0.25) is 0 Å². The Labute approximate surface area is 164 Å². The van der Waals surface area contributed by atoms with E-state index in [2.05, 4.69) is 25.9 Å². The van der Waals surface area contributed by atoms with Gasteiger partial charge in [-0.1, -0.05) is 0 Å². The van der Waals surface area contributed by atoms with Crippen LogP contribution in [0.4, 0.5) is 0 Å². The van der Waals surface area contributed by atoms with Gasteiger partial charge in [0.25, 0.3) is 0 Å². The molecule has 0 unspecified atom stereocenters. The van der Waals surface area contributed by atoms with Crippen LogP contribution in [-0.4, -0.2) is 24.5 Å². The van der Waals surface area contributed by atoms with E-state index < -0.39 is 0 Å². The fourth-order valence-corrected chi connectivity index (χ4v) is 3.97. The van der Waals surface area contributed by atoms with Crippen molar-refractivity contribution in [1.82, 2.24) is 9.97 Å². The molecule has 5 heteroatoms. The third-order valence-electron chi connectivity index (χ3n) is 3.99. The average molecular weight is 421 g/mol. The van der Waals surface area contributed by atoms with Gasteiger partial charge in [0, 0.05) is 0 Å². The summed E-state index contributed by atoms with van der Waals surface area (Å²) < 4.78 is 11.8. The van der Waals surface area contributed by atoms with Crippen molar-refractivity contribution in [3.8, 4) is 23.0 Å². The van der Waals surface area contributed by atoms with E-state index in [9.17, 15) is 0 Å². The van der Waals surface area contributed by atoms with Gasteiger partial charge >= 0.3 is 164 Å². The van der Waals surface area contributed by atoms with Crippen LogP contribution in [0.15, 0.2) is 82.8 Å². The van der Waals surface area contributed by atoms with Gasteiger partial charge in [0.15, 0.2) is 0 Å². The molecule has 0 N–H and O–H groups in total. The van der Waals surface area contributed by atoms with Crippen LogP contribution >= 0.6 is 0 Å². The van der Waals surface area contributed by atoms with Crippen LogP contribution in [0.2, 0.25) is 0 Å². The van der Waals surface area contributed by atoms with Crippen LogP contribution < -0.4 is 9.47 Å². The summed E-state index contributed by atoms with van der Waals surface area (Å²) in [5, 5.41) is 0. The van der Waals surface area contributed by atoms with E-state index in [4.69, 9.17) is 9.47 Å². The first-order chi connectivity index (χ1) is 13.4. The van der Waals surface area contributed by atoms with Crippen molar-refractivity contribution < 1.29 is 9.47 Å². The number of nitrogens with zero attached hydrogens (tertiary/aromatic N) is 2. The zero-order chi connectivity index (χ0) is 18.3. The monoisotopic (exact) mass is 422 g/mol. The number of ether oxygens (including phenoxy) is 2. The number of benzene rings is 2. The summed E-state index contributed by atoms with van der Waals surface area (Å²) in [6.45, 7) is 0.870. The predicted molar refractivity (Wildman–Crippen MR) is 106 cm³/mol. The summed E-state index contributed by atoms with van der Waals surface area (Å²) in [7, 11) is 0. The molecule has 4 nitrogen and oxygen atoms in total. The molecule has 0 saturated heterocycles. The fourth-order valence-electron chi connectivity index (χ4n) is 2.59. The molecule has 2 heterocycles. The molecule has 4 aromatic rings. The second-order valence-corrected chi connectivity index (χ2v) is 7.57. The molecule has 0 saturated carbocycles. The van der Waals surface area contributed by atoms with Gasteiger partial charge in [0.2, 0.25) is 0 Å². The molecule has 0 atom stereocenters. The Kier molecular flexibility index (Phi) is 5.63. The van der Waals surface area contributed by atoms with E-state index >= 15 is 0 Å². The van der Waals surface area contributed by atoms with Gasteiger partial charge in [-0.25, -0.2) is 0 Å². The van der Waals surface area contributed by atoms with E-state index in [1.807, 2.05) is 60.7 Å². The van der Waals surface area contributed by atoms with Gasteiger partial charge in [-0.2, -0.15) is 0 Å². The van der Waals surface area contributed by atoms with Crippen molar-refractivity contribution in [2.75, 3.05) is 0 Å². The third-order valence-corrected chi connectivity index (χ3v) is 5.43. The van der Waals surface area contributed by atoms with Crippen molar-refractivity contribution in [2.24, 2.45) is 0 Å². The summed E-state index contributed by atoms with van der Waals surface area (Å²) in [4.78, 5) is 13.3. The van der Waals surface area contributed by atoms with E-state index in [-0.39, 0.29) is 0 Å². The van der Waals surface area contributed by atoms with Crippen molar-refractivity contribution in [3.63, 3.8) is 0 Å². The first kappa shape index (κ1) is 17.5. The Balaban J connectivity index is 1.55. The molecule has 2 aromatic carbocycles. The van der Waals surface area contributed by atoms with Crippen LogP contribution in [0.25, 0.3) is 11.1 Å². The summed E-state index contributed by atoms with van der Waals surface area (Å²) >= 11 is 0.383. The predicted octanol–water partition coefficient (Wildman–Crippen LogP) is 4.36. The first-order valence-corrected chi connectivity index (χ1v) is 10.6. The molecule has 4 rings (SSSR count). The second-order valence-electron chi connectivity index (χ2n) is 5.93. The zero-order valence-corrected chi connectivity index (χ0v) is 16.3. The molecule has 0 aliphatic heterocycles. The molecule has 0 fully saturated rings. The maximum absolute atomic E-state index is 6.03. The van der Waals surface area contributed by atoms with Crippen molar-refractivity contribution in [2.45, 2.75) is 13.2 Å². The van der Waals surface area contributed by atoms with Gasteiger partial charge in [-0.15, -0.1) is 0 Å². The minimum absolute atomic E-state index is 0.318. The van der Waals surface area contributed by atoms with Gasteiger partial charge in [-0.05, 0) is 0 Å². The van der Waals surface area contributed by atoms with Crippen LogP contribution in [-0.2, 0) is 13.2 Å². The average Bonchev–Trinajstić information content (AvgIpc) is 3.27.